The lowest BCUT2D eigenvalue weighted by Gasteiger charge is -2.11. The summed E-state index contributed by atoms with van der Waals surface area (Å²) in [4.78, 5) is 20.3. The number of aromatic nitrogens is 2. The van der Waals surface area contributed by atoms with Gasteiger partial charge in [0, 0.05) is 23.9 Å². The predicted molar refractivity (Wildman–Crippen MR) is 112 cm³/mol. The van der Waals surface area contributed by atoms with Gasteiger partial charge in [-0.3, -0.25) is 4.79 Å². The lowest BCUT2D eigenvalue weighted by atomic mass is 10.1. The number of methoxy groups -OCH3 is 1. The molecule has 2 aromatic carbocycles. The fourth-order valence-corrected chi connectivity index (χ4v) is 2.82. The molecule has 28 heavy (non-hydrogen) atoms. The number of anilines is 3. The minimum atomic E-state index is 0.0481. The van der Waals surface area contributed by atoms with Gasteiger partial charge < -0.3 is 15.4 Å². The van der Waals surface area contributed by atoms with Crippen LogP contribution in [0.2, 0.25) is 0 Å². The van der Waals surface area contributed by atoms with Crippen molar-refractivity contribution in [3.63, 3.8) is 0 Å². The van der Waals surface area contributed by atoms with Crippen LogP contribution in [-0.4, -0.2) is 29.4 Å². The van der Waals surface area contributed by atoms with Gasteiger partial charge in [0.1, 0.15) is 23.2 Å². The molecule has 0 amide bonds. The number of hydrogen-bond acceptors (Lipinski definition) is 6. The van der Waals surface area contributed by atoms with Crippen LogP contribution in [0.5, 0.6) is 5.75 Å². The molecule has 0 radical (unpaired) electrons. The molecule has 0 fully saturated rings. The van der Waals surface area contributed by atoms with Crippen LogP contribution < -0.4 is 15.4 Å². The van der Waals surface area contributed by atoms with Gasteiger partial charge in [-0.2, -0.15) is 0 Å². The molecule has 1 aromatic heterocycles. The van der Waals surface area contributed by atoms with Crippen LogP contribution in [-0.2, 0) is 6.42 Å². The molecule has 0 bridgehead atoms. The standard InChI is InChI=1S/C22H24N4O2/c1-15(27)18-7-9-19(10-8-18)26-22-14-21(24-16(2)25-22)23-12-11-17-5-4-6-20(13-17)28-3/h4-10,13-14H,11-12H2,1-3H3,(H2,23,24,25,26). The topological polar surface area (TPSA) is 76.1 Å². The number of Topliss-reactive ketones (excluding diaryl/α,β-unsaturated/α-hetero) is 1. The number of ether oxygens (including phenoxy) is 1. The molecule has 0 saturated carbocycles. The van der Waals surface area contributed by atoms with Crippen LogP contribution in [0.1, 0.15) is 28.7 Å². The third-order valence-corrected chi connectivity index (χ3v) is 4.26. The predicted octanol–water partition coefficient (Wildman–Crippen LogP) is 4.39. The van der Waals surface area contributed by atoms with E-state index < -0.39 is 0 Å². The van der Waals surface area contributed by atoms with Crippen molar-refractivity contribution in [2.75, 3.05) is 24.3 Å². The maximum atomic E-state index is 11.4. The third-order valence-electron chi connectivity index (χ3n) is 4.26. The van der Waals surface area contributed by atoms with Gasteiger partial charge in [0.2, 0.25) is 0 Å². The highest BCUT2D eigenvalue weighted by atomic mass is 16.5. The summed E-state index contributed by atoms with van der Waals surface area (Å²) in [5.74, 6) is 3.05. The average molecular weight is 376 g/mol. The van der Waals surface area contributed by atoms with Gasteiger partial charge in [0.15, 0.2) is 5.78 Å². The Hall–Kier alpha value is -3.41. The van der Waals surface area contributed by atoms with E-state index in [0.29, 0.717) is 17.2 Å². The van der Waals surface area contributed by atoms with E-state index in [1.807, 2.05) is 43.3 Å². The number of nitrogens with one attached hydrogen (secondary N) is 2. The first kappa shape index (κ1) is 19.4. The fraction of sp³-hybridized carbons (Fsp3) is 0.227. The molecule has 0 aliphatic rings. The van der Waals surface area contributed by atoms with Gasteiger partial charge in [-0.15, -0.1) is 0 Å². The Kier molecular flexibility index (Phi) is 6.22. The number of carbonyl (C=O) groups excluding carboxylic acids is 1. The van der Waals surface area contributed by atoms with E-state index in [0.717, 1.165) is 30.2 Å². The van der Waals surface area contributed by atoms with Gasteiger partial charge in [-0.1, -0.05) is 12.1 Å². The Labute approximate surface area is 165 Å². The Morgan fingerprint density at radius 1 is 1.04 bits per heavy atom. The normalized spacial score (nSPS) is 10.4. The fourth-order valence-electron chi connectivity index (χ4n) is 2.82. The van der Waals surface area contributed by atoms with Crippen LogP contribution in [0.3, 0.4) is 0 Å². The van der Waals surface area contributed by atoms with Crippen LogP contribution in [0.25, 0.3) is 0 Å². The van der Waals surface area contributed by atoms with Crippen molar-refractivity contribution >= 4 is 23.1 Å². The summed E-state index contributed by atoms with van der Waals surface area (Å²) in [6.45, 7) is 4.16. The van der Waals surface area contributed by atoms with Crippen molar-refractivity contribution in [2.45, 2.75) is 20.3 Å². The first-order chi connectivity index (χ1) is 13.5. The zero-order valence-electron chi connectivity index (χ0n) is 16.3. The molecular formula is C22H24N4O2. The first-order valence-corrected chi connectivity index (χ1v) is 9.14. The molecule has 2 N–H and O–H groups in total. The highest BCUT2D eigenvalue weighted by Gasteiger charge is 2.04. The Bertz CT molecular complexity index is 955. The molecule has 3 rings (SSSR count). The number of ketones is 1. The number of nitrogens with zero attached hydrogens (tertiary/aromatic N) is 2. The lowest BCUT2D eigenvalue weighted by molar-refractivity contribution is 0.101. The van der Waals surface area contributed by atoms with Crippen LogP contribution in [0.15, 0.2) is 54.6 Å². The van der Waals surface area contributed by atoms with E-state index in [4.69, 9.17) is 4.74 Å². The van der Waals surface area contributed by atoms with E-state index in [9.17, 15) is 4.79 Å². The molecule has 0 atom stereocenters. The van der Waals surface area contributed by atoms with Gasteiger partial charge in [-0.05, 0) is 62.2 Å². The summed E-state index contributed by atoms with van der Waals surface area (Å²) in [6, 6.07) is 17.2. The molecule has 0 saturated heterocycles. The van der Waals surface area contributed by atoms with E-state index in [1.165, 1.54) is 5.56 Å². The second kappa shape index (κ2) is 8.99. The maximum absolute atomic E-state index is 11.4. The molecule has 144 valence electrons. The monoisotopic (exact) mass is 376 g/mol. The summed E-state index contributed by atoms with van der Waals surface area (Å²) < 4.78 is 5.26. The largest absolute Gasteiger partial charge is 0.497 e. The zero-order valence-corrected chi connectivity index (χ0v) is 16.3. The minimum Gasteiger partial charge on any atom is -0.497 e. The van der Waals surface area contributed by atoms with Crippen LogP contribution >= 0.6 is 0 Å². The molecule has 0 unspecified atom stereocenters. The SMILES string of the molecule is COc1cccc(CCNc2cc(Nc3ccc(C(C)=O)cc3)nc(C)n2)c1. The van der Waals surface area contributed by atoms with Gasteiger partial charge in [0.25, 0.3) is 0 Å². The zero-order chi connectivity index (χ0) is 19.9. The van der Waals surface area contributed by atoms with Crippen molar-refractivity contribution in [1.29, 1.82) is 0 Å². The number of aryl methyl sites for hydroxylation is 1. The lowest BCUT2D eigenvalue weighted by Crippen LogP contribution is -2.08. The molecule has 0 aliphatic carbocycles. The highest BCUT2D eigenvalue weighted by Crippen LogP contribution is 2.19. The second-order valence-corrected chi connectivity index (χ2v) is 6.47. The summed E-state index contributed by atoms with van der Waals surface area (Å²) >= 11 is 0. The van der Waals surface area contributed by atoms with Crippen LogP contribution in [0, 0.1) is 6.92 Å². The van der Waals surface area contributed by atoms with Crippen molar-refractivity contribution in [3.8, 4) is 5.75 Å². The highest BCUT2D eigenvalue weighted by molar-refractivity contribution is 5.94. The smallest absolute Gasteiger partial charge is 0.159 e. The number of rotatable bonds is 8. The summed E-state index contributed by atoms with van der Waals surface area (Å²) in [7, 11) is 1.67. The Morgan fingerprint density at radius 3 is 2.50 bits per heavy atom. The molecule has 0 aliphatic heterocycles. The molecule has 6 heteroatoms. The molecule has 3 aromatic rings. The van der Waals surface area contributed by atoms with Gasteiger partial charge in [-0.25, -0.2) is 9.97 Å². The second-order valence-electron chi connectivity index (χ2n) is 6.47. The minimum absolute atomic E-state index is 0.0481. The molecule has 0 spiro atoms. The molecule has 1 heterocycles. The number of carbonyl (C=O) groups is 1. The summed E-state index contributed by atoms with van der Waals surface area (Å²) in [5, 5.41) is 6.60. The Balaban J connectivity index is 1.63. The van der Waals surface area contributed by atoms with Crippen molar-refractivity contribution in [3.05, 3.63) is 71.5 Å². The van der Waals surface area contributed by atoms with Crippen molar-refractivity contribution in [1.82, 2.24) is 9.97 Å². The van der Waals surface area contributed by atoms with Crippen LogP contribution in [0.4, 0.5) is 17.3 Å². The van der Waals surface area contributed by atoms with Crippen molar-refractivity contribution in [2.24, 2.45) is 0 Å². The summed E-state index contributed by atoms with van der Waals surface area (Å²) in [5.41, 5.74) is 2.75. The number of benzene rings is 2. The van der Waals surface area contributed by atoms with E-state index in [-0.39, 0.29) is 5.78 Å². The number of hydrogen-bond donors (Lipinski definition) is 2. The van der Waals surface area contributed by atoms with Crippen molar-refractivity contribution < 1.29 is 9.53 Å². The van der Waals surface area contributed by atoms with E-state index in [2.05, 4.69) is 26.7 Å². The first-order valence-electron chi connectivity index (χ1n) is 9.14. The van der Waals surface area contributed by atoms with Gasteiger partial charge >= 0.3 is 0 Å². The molecular weight excluding hydrogens is 352 g/mol. The quantitative estimate of drug-likeness (QED) is 0.568. The average Bonchev–Trinajstić information content (AvgIpc) is 2.68. The van der Waals surface area contributed by atoms with E-state index in [1.54, 1.807) is 26.2 Å². The summed E-state index contributed by atoms with van der Waals surface area (Å²) in [6.07, 6.45) is 0.857. The van der Waals surface area contributed by atoms with Gasteiger partial charge in [0.05, 0.1) is 7.11 Å². The maximum Gasteiger partial charge on any atom is 0.159 e. The third kappa shape index (κ3) is 5.30. The molecule has 6 nitrogen and oxygen atoms in total. The Morgan fingerprint density at radius 2 is 1.79 bits per heavy atom. The van der Waals surface area contributed by atoms with E-state index >= 15 is 0 Å².